The molecule has 10 nitrogen and oxygen atoms in total. The summed E-state index contributed by atoms with van der Waals surface area (Å²) >= 11 is 0. The summed E-state index contributed by atoms with van der Waals surface area (Å²) in [6.07, 6.45) is 9.61. The van der Waals surface area contributed by atoms with Crippen molar-refractivity contribution in [3.63, 3.8) is 0 Å². The number of nitrogens with one attached hydrogen (secondary N) is 4. The number of fused-ring (bicyclic) bond motifs is 5. The van der Waals surface area contributed by atoms with E-state index in [1.54, 1.807) is 0 Å². The molecule has 0 saturated carbocycles. The van der Waals surface area contributed by atoms with E-state index in [1.165, 1.54) is 45.6 Å². The zero-order valence-corrected chi connectivity index (χ0v) is 29.1. The van der Waals surface area contributed by atoms with E-state index in [0.717, 1.165) is 63.0 Å². The third kappa shape index (κ3) is 4.99. The maximum Gasteiger partial charge on any atom is 0.0827 e. The molecule has 0 saturated heterocycles. The smallest absolute Gasteiger partial charge is 0.0827 e. The largest absolute Gasteiger partial charge is 0.361 e. The lowest BCUT2D eigenvalue weighted by atomic mass is 9.78. The van der Waals surface area contributed by atoms with Gasteiger partial charge in [-0.3, -0.25) is 9.36 Å². The summed E-state index contributed by atoms with van der Waals surface area (Å²) in [5.41, 5.74) is 10.4. The zero-order valence-electron chi connectivity index (χ0n) is 29.1. The van der Waals surface area contributed by atoms with Gasteiger partial charge in [-0.1, -0.05) is 10.4 Å². The minimum Gasteiger partial charge on any atom is -0.361 e. The van der Waals surface area contributed by atoms with Crippen molar-refractivity contribution in [2.24, 2.45) is 0 Å². The topological polar surface area (TPSA) is 125 Å². The van der Waals surface area contributed by atoms with Gasteiger partial charge in [-0.25, -0.2) is 0 Å². The van der Waals surface area contributed by atoms with Crippen LogP contribution in [0.3, 0.4) is 0 Å². The lowest BCUT2D eigenvalue weighted by Crippen LogP contribution is -2.29. The summed E-state index contributed by atoms with van der Waals surface area (Å²) in [7, 11) is 0. The highest BCUT2D eigenvalue weighted by Gasteiger charge is 2.39. The molecule has 14 bridgehead atoms. The second-order valence-corrected chi connectivity index (χ2v) is 15.7. The van der Waals surface area contributed by atoms with E-state index < -0.39 is 0 Å². The fourth-order valence-electron chi connectivity index (χ4n) is 7.87. The first-order valence-corrected chi connectivity index (χ1v) is 17.5. The number of H-pyrrole nitrogens is 4. The molecule has 0 atom stereocenters. The normalized spacial score (nSPS) is 23.9. The van der Waals surface area contributed by atoms with Gasteiger partial charge in [-0.05, 0) is 129 Å². The van der Waals surface area contributed by atoms with Crippen molar-refractivity contribution in [2.45, 2.75) is 115 Å². The zero-order chi connectivity index (χ0) is 33.3. The Morgan fingerprint density at radius 1 is 0.479 bits per heavy atom. The summed E-state index contributed by atoms with van der Waals surface area (Å²) in [6, 6.07) is 18.2. The number of nitrogens with zero attached hydrogens (tertiary/aromatic N) is 6. The van der Waals surface area contributed by atoms with E-state index in [1.807, 2.05) is 9.36 Å². The Balaban J connectivity index is 1.32. The summed E-state index contributed by atoms with van der Waals surface area (Å²) in [5.74, 6) is 0. The van der Waals surface area contributed by atoms with Crippen molar-refractivity contribution in [3.05, 3.63) is 118 Å². The van der Waals surface area contributed by atoms with Crippen LogP contribution in [0.1, 0.15) is 124 Å². The van der Waals surface area contributed by atoms with Gasteiger partial charge >= 0.3 is 0 Å². The molecule has 0 aromatic carbocycles. The van der Waals surface area contributed by atoms with Gasteiger partial charge in [0.25, 0.3) is 0 Å². The second kappa shape index (κ2) is 11.0. The first-order valence-electron chi connectivity index (χ1n) is 17.5. The van der Waals surface area contributed by atoms with E-state index >= 15 is 0 Å². The van der Waals surface area contributed by atoms with Crippen LogP contribution >= 0.6 is 0 Å². The maximum absolute atomic E-state index is 4.59. The van der Waals surface area contributed by atoms with Crippen LogP contribution in [-0.4, -0.2) is 49.9 Å². The molecule has 48 heavy (non-hydrogen) atoms. The lowest BCUT2D eigenvalue weighted by molar-refractivity contribution is 0.475. The van der Waals surface area contributed by atoms with E-state index in [2.05, 4.69) is 143 Å². The molecule has 250 valence electrons. The number of aryl methyl sites for hydroxylation is 4. The van der Waals surface area contributed by atoms with E-state index in [4.69, 9.17) is 0 Å². The van der Waals surface area contributed by atoms with Crippen LogP contribution in [0.2, 0.25) is 0 Å². The molecular weight excluding hydrogens is 596 g/mol. The van der Waals surface area contributed by atoms with E-state index in [9.17, 15) is 0 Å². The fourth-order valence-corrected chi connectivity index (χ4v) is 7.87. The Bertz CT molecular complexity index is 1820. The van der Waals surface area contributed by atoms with Gasteiger partial charge in [0.05, 0.1) is 11.4 Å². The van der Waals surface area contributed by atoms with Gasteiger partial charge in [-0.15, -0.1) is 10.2 Å². The van der Waals surface area contributed by atoms with Gasteiger partial charge in [-0.2, -0.15) is 0 Å². The van der Waals surface area contributed by atoms with Crippen LogP contribution in [-0.2, 0) is 47.6 Å². The number of hydrogen-bond acceptors (Lipinski definition) is 4. The molecule has 6 aromatic heterocycles. The predicted molar refractivity (Wildman–Crippen MR) is 186 cm³/mol. The van der Waals surface area contributed by atoms with Crippen molar-refractivity contribution < 1.29 is 0 Å². The Kier molecular flexibility index (Phi) is 7.02. The minimum absolute atomic E-state index is 0.278. The molecule has 9 heterocycles. The highest BCUT2D eigenvalue weighted by Crippen LogP contribution is 2.43. The molecule has 0 unspecified atom stereocenters. The molecule has 0 radical (unpaired) electrons. The molecule has 0 fully saturated rings. The van der Waals surface area contributed by atoms with E-state index in [0.29, 0.717) is 0 Å². The average Bonchev–Trinajstić information content (AvgIpc) is 3.91. The molecule has 10 heteroatoms. The Labute approximate surface area is 282 Å². The highest BCUT2D eigenvalue weighted by molar-refractivity contribution is 5.44. The minimum atomic E-state index is -0.310. The summed E-state index contributed by atoms with van der Waals surface area (Å²) in [4.78, 5) is 15.7. The number of hydrogen-bond donors (Lipinski definition) is 4. The van der Waals surface area contributed by atoms with Crippen molar-refractivity contribution in [3.8, 4) is 0 Å². The van der Waals surface area contributed by atoms with E-state index in [-0.39, 0.29) is 21.7 Å². The van der Waals surface area contributed by atoms with Crippen molar-refractivity contribution in [1.82, 2.24) is 49.9 Å². The molecule has 0 aliphatic carbocycles. The summed E-state index contributed by atoms with van der Waals surface area (Å²) < 4.78 is 3.98. The van der Waals surface area contributed by atoms with Crippen LogP contribution in [0.15, 0.2) is 60.9 Å². The van der Waals surface area contributed by atoms with Gasteiger partial charge in [0.1, 0.15) is 0 Å². The van der Waals surface area contributed by atoms with Crippen LogP contribution in [0.5, 0.6) is 0 Å². The number of aromatic amines is 4. The summed E-state index contributed by atoms with van der Waals surface area (Å²) in [6.45, 7) is 15.6. The monoisotopic (exact) mass is 644 g/mol. The fraction of sp³-hybridized carbons (Fsp3) is 0.474. The molecule has 0 spiro atoms. The van der Waals surface area contributed by atoms with Gasteiger partial charge < -0.3 is 19.9 Å². The number of aromatic nitrogens is 10. The summed E-state index contributed by atoms with van der Waals surface area (Å²) in [5, 5.41) is 18.2. The lowest BCUT2D eigenvalue weighted by Gasteiger charge is -2.31. The highest BCUT2D eigenvalue weighted by atomic mass is 15.4. The first-order chi connectivity index (χ1) is 22.9. The first kappa shape index (κ1) is 30.7. The van der Waals surface area contributed by atoms with Crippen LogP contribution < -0.4 is 0 Å². The third-order valence-electron chi connectivity index (χ3n) is 11.8. The SMILES string of the molecule is CC1(C)c2ccc([nH]2)C2(C)CCc3cn(nn3)CCCCn3cc(nn3)CCC(C)(c3ccc1[nH]3)c1ccc([nH]1)C(C)(C)c1ccc2[nH]1. The van der Waals surface area contributed by atoms with Crippen LogP contribution in [0, 0.1) is 0 Å². The molecule has 9 rings (SSSR count). The second-order valence-electron chi connectivity index (χ2n) is 15.7. The average molecular weight is 645 g/mol. The Hall–Kier alpha value is -4.60. The Morgan fingerprint density at radius 2 is 0.792 bits per heavy atom. The molecule has 3 aliphatic rings. The maximum atomic E-state index is 4.59. The van der Waals surface area contributed by atoms with Crippen molar-refractivity contribution >= 4 is 0 Å². The van der Waals surface area contributed by atoms with Crippen LogP contribution in [0.25, 0.3) is 0 Å². The molecule has 0 amide bonds. The molecule has 4 N–H and O–H groups in total. The van der Waals surface area contributed by atoms with Gasteiger partial charge in [0.15, 0.2) is 0 Å². The molecule has 6 aromatic rings. The van der Waals surface area contributed by atoms with Gasteiger partial charge in [0, 0.05) is 92.7 Å². The third-order valence-corrected chi connectivity index (χ3v) is 11.8. The van der Waals surface area contributed by atoms with Crippen LogP contribution in [0.4, 0.5) is 0 Å². The molecule has 3 aliphatic heterocycles. The van der Waals surface area contributed by atoms with Crippen molar-refractivity contribution in [2.75, 3.05) is 0 Å². The number of rotatable bonds is 0. The predicted octanol–water partition coefficient (Wildman–Crippen LogP) is 6.82. The van der Waals surface area contributed by atoms with Gasteiger partial charge in [0.2, 0.25) is 0 Å². The quantitative estimate of drug-likeness (QED) is 0.145. The molecular formula is C38H48N10. The standard InChI is InChI=1S/C38H48N10/c1-35(2)27-9-13-31(39-27)37(5)19-17-25-23-47(45-43-25)21-7-8-22-48-24-26(44-46-48)18-20-38(6,32-14-10-28(35)40-32)34-16-12-30(42-34)36(3,4)29-11-15-33(37)41-29/h9-16,23-24,39-42H,7-8,17-22H2,1-6H3. The van der Waals surface area contributed by atoms with Crippen molar-refractivity contribution in [1.29, 1.82) is 0 Å². The Morgan fingerprint density at radius 3 is 1.12 bits per heavy atom.